The Balaban J connectivity index is 3.66. The van der Waals surface area contributed by atoms with Crippen LogP contribution in [0.5, 0.6) is 0 Å². The fraction of sp³-hybridized carbons (Fsp3) is 0.444. The van der Waals surface area contributed by atoms with Gasteiger partial charge in [0.2, 0.25) is 0 Å². The molecule has 0 aromatic rings. The number of carbonyl (C=O) groups is 1. The smallest absolute Gasteiger partial charge is 0.124 e. The molecule has 0 radical (unpaired) electrons. The van der Waals surface area contributed by atoms with Crippen molar-refractivity contribution in [1.29, 1.82) is 0 Å². The van der Waals surface area contributed by atoms with Crippen LogP contribution in [0, 0.1) is 5.92 Å². The van der Waals surface area contributed by atoms with Gasteiger partial charge in [0.1, 0.15) is 6.29 Å². The second-order valence-electron chi connectivity index (χ2n) is 2.63. The zero-order valence-electron chi connectivity index (χ0n) is 6.63. The Morgan fingerprint density at radius 3 is 2.60 bits per heavy atom. The highest BCUT2D eigenvalue weighted by atomic mass is 16.1. The predicted octanol–water partition coefficient (Wildman–Crippen LogP) is 2.34. The predicted molar refractivity (Wildman–Crippen MR) is 43.8 cm³/mol. The highest BCUT2D eigenvalue weighted by Crippen LogP contribution is 2.01. The summed E-state index contributed by atoms with van der Waals surface area (Å²) < 4.78 is 0. The third-order valence-corrected chi connectivity index (χ3v) is 1.06. The van der Waals surface area contributed by atoms with Crippen LogP contribution >= 0.6 is 0 Å². The Labute approximate surface area is 62.4 Å². The van der Waals surface area contributed by atoms with Crippen LogP contribution in [-0.2, 0) is 4.79 Å². The Morgan fingerprint density at radius 1 is 1.60 bits per heavy atom. The molecule has 0 aromatic heterocycles. The van der Waals surface area contributed by atoms with Crippen molar-refractivity contribution >= 4 is 6.29 Å². The van der Waals surface area contributed by atoms with E-state index >= 15 is 0 Å². The molecule has 0 atom stereocenters. The SMILES string of the molecule is C=C(C=CC(C)C)CC=O. The van der Waals surface area contributed by atoms with Crippen LogP contribution in [0.2, 0.25) is 0 Å². The van der Waals surface area contributed by atoms with E-state index in [1.807, 2.05) is 12.2 Å². The van der Waals surface area contributed by atoms with E-state index in [0.717, 1.165) is 11.9 Å². The fourth-order valence-electron chi connectivity index (χ4n) is 0.504. The van der Waals surface area contributed by atoms with Crippen LogP contribution < -0.4 is 0 Å². The van der Waals surface area contributed by atoms with Crippen molar-refractivity contribution in [3.05, 3.63) is 24.3 Å². The van der Waals surface area contributed by atoms with Gasteiger partial charge >= 0.3 is 0 Å². The summed E-state index contributed by atoms with van der Waals surface area (Å²) in [6, 6.07) is 0. The Bertz CT molecular complexity index is 143. The standard InChI is InChI=1S/C9H14O/c1-8(2)4-5-9(3)6-7-10/h4-5,7-8H,3,6H2,1-2H3. The number of allylic oxidation sites excluding steroid dienone is 3. The van der Waals surface area contributed by atoms with E-state index in [2.05, 4.69) is 20.4 Å². The number of aldehydes is 1. The highest BCUT2D eigenvalue weighted by Gasteiger charge is 1.86. The van der Waals surface area contributed by atoms with Crippen molar-refractivity contribution in [2.75, 3.05) is 0 Å². The molecule has 0 aliphatic rings. The van der Waals surface area contributed by atoms with Crippen LogP contribution in [0.3, 0.4) is 0 Å². The lowest BCUT2D eigenvalue weighted by atomic mass is 10.1. The molecular formula is C9H14O. The summed E-state index contributed by atoms with van der Waals surface area (Å²) in [5.41, 5.74) is 0.878. The molecule has 0 amide bonds. The molecule has 0 heterocycles. The minimum absolute atomic E-state index is 0.448. The molecule has 1 heteroatoms. The molecule has 56 valence electrons. The van der Waals surface area contributed by atoms with E-state index in [-0.39, 0.29) is 0 Å². The van der Waals surface area contributed by atoms with Gasteiger partial charge in [0.15, 0.2) is 0 Å². The quantitative estimate of drug-likeness (QED) is 0.430. The molecule has 0 rings (SSSR count). The van der Waals surface area contributed by atoms with Gasteiger partial charge in [-0.15, -0.1) is 0 Å². The number of hydrogen-bond acceptors (Lipinski definition) is 1. The summed E-state index contributed by atoms with van der Waals surface area (Å²) in [4.78, 5) is 9.97. The number of rotatable bonds is 4. The zero-order valence-corrected chi connectivity index (χ0v) is 6.63. The van der Waals surface area contributed by atoms with Gasteiger partial charge in [0.05, 0.1) is 0 Å². The lowest BCUT2D eigenvalue weighted by molar-refractivity contribution is -0.107. The Kier molecular flexibility index (Phi) is 4.55. The van der Waals surface area contributed by atoms with Crippen molar-refractivity contribution in [3.63, 3.8) is 0 Å². The maximum absolute atomic E-state index is 9.97. The summed E-state index contributed by atoms with van der Waals surface area (Å²) >= 11 is 0. The van der Waals surface area contributed by atoms with E-state index in [4.69, 9.17) is 0 Å². The topological polar surface area (TPSA) is 17.1 Å². The maximum Gasteiger partial charge on any atom is 0.124 e. The maximum atomic E-state index is 9.97. The number of hydrogen-bond donors (Lipinski definition) is 0. The van der Waals surface area contributed by atoms with Gasteiger partial charge in [-0.3, -0.25) is 0 Å². The van der Waals surface area contributed by atoms with Crippen LogP contribution in [0.4, 0.5) is 0 Å². The minimum atomic E-state index is 0.448. The van der Waals surface area contributed by atoms with Crippen molar-refractivity contribution in [3.8, 4) is 0 Å². The van der Waals surface area contributed by atoms with Gasteiger partial charge in [-0.05, 0) is 11.5 Å². The van der Waals surface area contributed by atoms with Gasteiger partial charge < -0.3 is 4.79 Å². The first-order valence-corrected chi connectivity index (χ1v) is 3.46. The second-order valence-corrected chi connectivity index (χ2v) is 2.63. The minimum Gasteiger partial charge on any atom is -0.303 e. The van der Waals surface area contributed by atoms with Crippen molar-refractivity contribution in [1.82, 2.24) is 0 Å². The fourth-order valence-corrected chi connectivity index (χ4v) is 0.504. The Hall–Kier alpha value is -0.850. The Morgan fingerprint density at radius 2 is 2.20 bits per heavy atom. The molecular weight excluding hydrogens is 124 g/mol. The van der Waals surface area contributed by atoms with Crippen LogP contribution in [-0.4, -0.2) is 6.29 Å². The van der Waals surface area contributed by atoms with Crippen molar-refractivity contribution in [2.24, 2.45) is 5.92 Å². The molecule has 1 nitrogen and oxygen atoms in total. The van der Waals surface area contributed by atoms with Crippen LogP contribution in [0.1, 0.15) is 20.3 Å². The van der Waals surface area contributed by atoms with E-state index in [0.29, 0.717) is 12.3 Å². The van der Waals surface area contributed by atoms with Gasteiger partial charge in [-0.1, -0.05) is 32.6 Å². The normalized spacial score (nSPS) is 10.7. The third-order valence-electron chi connectivity index (χ3n) is 1.06. The molecule has 10 heavy (non-hydrogen) atoms. The second kappa shape index (κ2) is 4.98. The molecule has 0 bridgehead atoms. The molecule has 0 N–H and O–H groups in total. The summed E-state index contributed by atoms with van der Waals surface area (Å²) in [5, 5.41) is 0. The largest absolute Gasteiger partial charge is 0.303 e. The average molecular weight is 138 g/mol. The summed E-state index contributed by atoms with van der Waals surface area (Å²) in [6.45, 7) is 7.87. The summed E-state index contributed by atoms with van der Waals surface area (Å²) in [7, 11) is 0. The van der Waals surface area contributed by atoms with Crippen molar-refractivity contribution < 1.29 is 4.79 Å². The van der Waals surface area contributed by atoms with Gasteiger partial charge in [-0.25, -0.2) is 0 Å². The summed E-state index contributed by atoms with van der Waals surface area (Å²) in [5.74, 6) is 0.531. The van der Waals surface area contributed by atoms with E-state index in [9.17, 15) is 4.79 Å². The van der Waals surface area contributed by atoms with Gasteiger partial charge in [0, 0.05) is 6.42 Å². The lowest BCUT2D eigenvalue weighted by Gasteiger charge is -1.93. The van der Waals surface area contributed by atoms with Gasteiger partial charge in [0.25, 0.3) is 0 Å². The molecule has 0 aromatic carbocycles. The molecule has 0 aliphatic carbocycles. The van der Waals surface area contributed by atoms with Crippen LogP contribution in [0.25, 0.3) is 0 Å². The van der Waals surface area contributed by atoms with Crippen LogP contribution in [0.15, 0.2) is 24.3 Å². The first kappa shape index (κ1) is 9.15. The molecule has 0 saturated heterocycles. The molecule has 0 aliphatic heterocycles. The molecule has 0 unspecified atom stereocenters. The van der Waals surface area contributed by atoms with E-state index in [1.54, 1.807) is 0 Å². The monoisotopic (exact) mass is 138 g/mol. The first-order valence-electron chi connectivity index (χ1n) is 3.46. The van der Waals surface area contributed by atoms with E-state index in [1.165, 1.54) is 0 Å². The van der Waals surface area contributed by atoms with Crippen molar-refractivity contribution in [2.45, 2.75) is 20.3 Å². The molecule has 0 fully saturated rings. The highest BCUT2D eigenvalue weighted by molar-refractivity contribution is 5.55. The van der Waals surface area contributed by atoms with Gasteiger partial charge in [-0.2, -0.15) is 0 Å². The zero-order chi connectivity index (χ0) is 7.98. The third kappa shape index (κ3) is 5.29. The molecule has 0 spiro atoms. The summed E-state index contributed by atoms with van der Waals surface area (Å²) in [6.07, 6.45) is 5.25. The van der Waals surface area contributed by atoms with E-state index < -0.39 is 0 Å². The first-order chi connectivity index (χ1) is 4.66. The average Bonchev–Trinajstić information content (AvgIpc) is 1.85. The lowest BCUT2D eigenvalue weighted by Crippen LogP contribution is -1.80. The number of carbonyl (C=O) groups excluding carboxylic acids is 1. The molecule has 0 saturated carbocycles.